The molecule has 2 nitrogen and oxygen atoms in total. The number of ether oxygens (including phenoxy) is 1. The molecule has 1 saturated carbocycles. The first-order valence-corrected chi connectivity index (χ1v) is 7.26. The van der Waals surface area contributed by atoms with Crippen molar-refractivity contribution in [2.75, 3.05) is 19.7 Å². The van der Waals surface area contributed by atoms with Gasteiger partial charge in [0.1, 0.15) is 0 Å². The molecule has 2 heteroatoms. The van der Waals surface area contributed by atoms with E-state index >= 15 is 0 Å². The van der Waals surface area contributed by atoms with Gasteiger partial charge in [-0.1, -0.05) is 32.6 Å². The maximum absolute atomic E-state index is 5.95. The number of hydrogen-bond donors (Lipinski definition) is 1. The second-order valence-corrected chi connectivity index (χ2v) is 4.90. The van der Waals surface area contributed by atoms with Crippen molar-refractivity contribution in [1.29, 1.82) is 0 Å². The minimum atomic E-state index is 0.580. The molecule has 0 unspecified atom stereocenters. The van der Waals surface area contributed by atoms with Crippen LogP contribution in [0.25, 0.3) is 0 Å². The lowest BCUT2D eigenvalue weighted by Gasteiger charge is -2.15. The Bertz CT molecular complexity index is 142. The van der Waals surface area contributed by atoms with Crippen molar-refractivity contribution in [2.45, 2.75) is 70.8 Å². The van der Waals surface area contributed by atoms with E-state index in [1.165, 1.54) is 64.3 Å². The van der Waals surface area contributed by atoms with E-state index in [9.17, 15) is 0 Å². The molecule has 1 fully saturated rings. The molecule has 0 spiro atoms. The first-order chi connectivity index (χ1) is 7.93. The van der Waals surface area contributed by atoms with Crippen molar-refractivity contribution >= 4 is 0 Å². The van der Waals surface area contributed by atoms with Gasteiger partial charge in [0.15, 0.2) is 0 Å². The topological polar surface area (TPSA) is 21.3 Å². The number of rotatable bonds is 8. The largest absolute Gasteiger partial charge is 0.378 e. The molecule has 0 aromatic heterocycles. The van der Waals surface area contributed by atoms with Gasteiger partial charge in [-0.25, -0.2) is 0 Å². The summed E-state index contributed by atoms with van der Waals surface area (Å²) in [5.74, 6) is 0. The van der Waals surface area contributed by atoms with Crippen molar-refractivity contribution in [1.82, 2.24) is 5.32 Å². The maximum atomic E-state index is 5.95. The van der Waals surface area contributed by atoms with Crippen LogP contribution in [-0.2, 0) is 4.74 Å². The predicted octanol–water partition coefficient (Wildman–Crippen LogP) is 3.51. The Morgan fingerprint density at radius 1 is 1.00 bits per heavy atom. The SMILES string of the molecule is CCNCCCCCOC1CCCCCC1. The summed E-state index contributed by atoms with van der Waals surface area (Å²) in [6, 6.07) is 0. The molecule has 1 aliphatic rings. The number of hydrogen-bond acceptors (Lipinski definition) is 2. The van der Waals surface area contributed by atoms with E-state index < -0.39 is 0 Å². The molecule has 1 aliphatic carbocycles. The molecule has 0 saturated heterocycles. The van der Waals surface area contributed by atoms with Crippen LogP contribution < -0.4 is 5.32 Å². The fraction of sp³-hybridized carbons (Fsp3) is 1.00. The molecular formula is C14H29NO. The first-order valence-electron chi connectivity index (χ1n) is 7.26. The Morgan fingerprint density at radius 3 is 2.44 bits per heavy atom. The van der Waals surface area contributed by atoms with E-state index in [2.05, 4.69) is 12.2 Å². The minimum Gasteiger partial charge on any atom is -0.378 e. The zero-order valence-electron chi connectivity index (χ0n) is 11.0. The summed E-state index contributed by atoms with van der Waals surface area (Å²) in [5.41, 5.74) is 0. The van der Waals surface area contributed by atoms with Crippen LogP contribution in [0, 0.1) is 0 Å². The Hall–Kier alpha value is -0.0800. The molecule has 1 rings (SSSR count). The first kappa shape index (κ1) is 14.0. The maximum Gasteiger partial charge on any atom is 0.0575 e. The van der Waals surface area contributed by atoms with Crippen molar-refractivity contribution < 1.29 is 4.74 Å². The van der Waals surface area contributed by atoms with Crippen molar-refractivity contribution in [2.24, 2.45) is 0 Å². The van der Waals surface area contributed by atoms with Gasteiger partial charge in [0, 0.05) is 6.61 Å². The quantitative estimate of drug-likeness (QED) is 0.506. The highest BCUT2D eigenvalue weighted by Gasteiger charge is 2.11. The molecule has 0 atom stereocenters. The van der Waals surface area contributed by atoms with Gasteiger partial charge in [-0.2, -0.15) is 0 Å². The van der Waals surface area contributed by atoms with Crippen molar-refractivity contribution in [3.63, 3.8) is 0 Å². The molecule has 0 bridgehead atoms. The highest BCUT2D eigenvalue weighted by Crippen LogP contribution is 2.19. The van der Waals surface area contributed by atoms with Gasteiger partial charge >= 0.3 is 0 Å². The molecule has 16 heavy (non-hydrogen) atoms. The third-order valence-electron chi connectivity index (χ3n) is 3.40. The molecule has 0 heterocycles. The zero-order chi connectivity index (χ0) is 11.5. The third kappa shape index (κ3) is 7.24. The Balaban J connectivity index is 1.86. The highest BCUT2D eigenvalue weighted by atomic mass is 16.5. The molecule has 1 N–H and O–H groups in total. The number of nitrogens with one attached hydrogen (secondary N) is 1. The van der Waals surface area contributed by atoms with Gasteiger partial charge in [-0.05, 0) is 45.2 Å². The second kappa shape index (κ2) is 10.1. The van der Waals surface area contributed by atoms with Crippen LogP contribution in [-0.4, -0.2) is 25.8 Å². The Morgan fingerprint density at radius 2 is 1.75 bits per heavy atom. The van der Waals surface area contributed by atoms with E-state index in [0.717, 1.165) is 13.2 Å². The summed E-state index contributed by atoms with van der Waals surface area (Å²) in [5, 5.41) is 3.36. The van der Waals surface area contributed by atoms with Gasteiger partial charge in [-0.15, -0.1) is 0 Å². The van der Waals surface area contributed by atoms with Gasteiger partial charge in [0.2, 0.25) is 0 Å². The fourth-order valence-corrected chi connectivity index (χ4v) is 2.36. The van der Waals surface area contributed by atoms with Crippen LogP contribution in [0.5, 0.6) is 0 Å². The van der Waals surface area contributed by atoms with Crippen LogP contribution in [0.2, 0.25) is 0 Å². The lowest BCUT2D eigenvalue weighted by atomic mass is 10.1. The van der Waals surface area contributed by atoms with Crippen LogP contribution in [0.1, 0.15) is 64.7 Å². The average Bonchev–Trinajstić information content (AvgIpc) is 2.56. The van der Waals surface area contributed by atoms with E-state index in [0.29, 0.717) is 6.10 Å². The molecular weight excluding hydrogens is 198 g/mol. The van der Waals surface area contributed by atoms with Crippen LogP contribution in [0.15, 0.2) is 0 Å². The normalized spacial score (nSPS) is 18.6. The summed E-state index contributed by atoms with van der Waals surface area (Å²) in [4.78, 5) is 0. The second-order valence-electron chi connectivity index (χ2n) is 4.90. The molecule has 0 radical (unpaired) electrons. The van der Waals surface area contributed by atoms with Crippen molar-refractivity contribution in [3.05, 3.63) is 0 Å². The summed E-state index contributed by atoms with van der Waals surface area (Å²) in [6.45, 7) is 5.41. The lowest BCUT2D eigenvalue weighted by molar-refractivity contribution is 0.0408. The molecule has 0 aliphatic heterocycles. The van der Waals surface area contributed by atoms with Gasteiger partial charge in [-0.3, -0.25) is 0 Å². The van der Waals surface area contributed by atoms with E-state index in [1.807, 2.05) is 0 Å². The van der Waals surface area contributed by atoms with Gasteiger partial charge in [0.05, 0.1) is 6.10 Å². The highest BCUT2D eigenvalue weighted by molar-refractivity contribution is 4.63. The summed E-state index contributed by atoms with van der Waals surface area (Å²) in [7, 11) is 0. The summed E-state index contributed by atoms with van der Waals surface area (Å²) >= 11 is 0. The fourth-order valence-electron chi connectivity index (χ4n) is 2.36. The molecule has 0 aromatic rings. The van der Waals surface area contributed by atoms with Gasteiger partial charge < -0.3 is 10.1 Å². The zero-order valence-corrected chi connectivity index (χ0v) is 11.0. The van der Waals surface area contributed by atoms with Crippen LogP contribution >= 0.6 is 0 Å². The standard InChI is InChI=1S/C14H29NO/c1-2-15-12-8-5-9-13-16-14-10-6-3-4-7-11-14/h14-15H,2-13H2,1H3. The van der Waals surface area contributed by atoms with E-state index in [1.54, 1.807) is 0 Å². The van der Waals surface area contributed by atoms with Crippen LogP contribution in [0.4, 0.5) is 0 Å². The monoisotopic (exact) mass is 227 g/mol. The summed E-state index contributed by atoms with van der Waals surface area (Å²) in [6.07, 6.45) is 12.6. The van der Waals surface area contributed by atoms with Crippen LogP contribution in [0.3, 0.4) is 0 Å². The Kier molecular flexibility index (Phi) is 8.83. The lowest BCUT2D eigenvalue weighted by Crippen LogP contribution is -2.15. The molecule has 96 valence electrons. The predicted molar refractivity (Wildman–Crippen MR) is 69.8 cm³/mol. The smallest absolute Gasteiger partial charge is 0.0575 e. The number of unbranched alkanes of at least 4 members (excludes halogenated alkanes) is 2. The third-order valence-corrected chi connectivity index (χ3v) is 3.40. The molecule has 0 amide bonds. The minimum absolute atomic E-state index is 0.580. The van der Waals surface area contributed by atoms with Crippen molar-refractivity contribution in [3.8, 4) is 0 Å². The van der Waals surface area contributed by atoms with Gasteiger partial charge in [0.25, 0.3) is 0 Å². The summed E-state index contributed by atoms with van der Waals surface area (Å²) < 4.78 is 5.95. The Labute approximate surface area is 101 Å². The molecule has 0 aromatic carbocycles. The van der Waals surface area contributed by atoms with E-state index in [-0.39, 0.29) is 0 Å². The average molecular weight is 227 g/mol. The van der Waals surface area contributed by atoms with E-state index in [4.69, 9.17) is 4.74 Å².